The van der Waals surface area contributed by atoms with Gasteiger partial charge in [-0.3, -0.25) is 4.79 Å². The molecule has 0 unspecified atom stereocenters. The number of aliphatic hydroxyl groups excluding tert-OH is 1. The number of nitrogens with one attached hydrogen (secondary N) is 1. The van der Waals surface area contributed by atoms with Gasteiger partial charge in [-0.1, -0.05) is 44.2 Å². The van der Waals surface area contributed by atoms with Crippen molar-refractivity contribution in [3.8, 4) is 0 Å². The Morgan fingerprint density at radius 3 is 2.63 bits per heavy atom. The van der Waals surface area contributed by atoms with E-state index in [4.69, 9.17) is 0 Å². The van der Waals surface area contributed by atoms with Crippen molar-refractivity contribution in [3.05, 3.63) is 41.5 Å². The summed E-state index contributed by atoms with van der Waals surface area (Å²) in [7, 11) is 0. The van der Waals surface area contributed by atoms with Crippen LogP contribution in [0.4, 0.5) is 0 Å². The molecule has 1 heterocycles. The van der Waals surface area contributed by atoms with Crippen LogP contribution >= 0.6 is 0 Å². The first-order valence-electron chi connectivity index (χ1n) is 6.77. The second-order valence-electron chi connectivity index (χ2n) is 5.55. The summed E-state index contributed by atoms with van der Waals surface area (Å²) in [5.74, 6) is 0.590. The summed E-state index contributed by atoms with van der Waals surface area (Å²) < 4.78 is 0. The van der Waals surface area contributed by atoms with E-state index in [2.05, 4.69) is 19.2 Å². The second kappa shape index (κ2) is 6.13. The van der Waals surface area contributed by atoms with Gasteiger partial charge in [-0.05, 0) is 24.0 Å². The number of carbonyl (C=O) groups excluding carboxylic acids is 1. The second-order valence-corrected chi connectivity index (χ2v) is 5.55. The number of hydrogen-bond donors (Lipinski definition) is 2. The van der Waals surface area contributed by atoms with Gasteiger partial charge in [-0.2, -0.15) is 0 Å². The Bertz CT molecular complexity index is 453. The van der Waals surface area contributed by atoms with Crippen molar-refractivity contribution >= 4 is 12.4 Å². The monoisotopic (exact) mass is 259 g/mol. The summed E-state index contributed by atoms with van der Waals surface area (Å²) in [5, 5.41) is 13.5. The van der Waals surface area contributed by atoms with Crippen LogP contribution in [-0.2, 0) is 4.79 Å². The molecule has 1 aliphatic heterocycles. The van der Waals surface area contributed by atoms with Crippen molar-refractivity contribution in [1.29, 1.82) is 0 Å². The number of benzene rings is 1. The summed E-state index contributed by atoms with van der Waals surface area (Å²) in [6.07, 6.45) is 2.81. The molecule has 0 saturated carbocycles. The minimum atomic E-state index is -0.721. The van der Waals surface area contributed by atoms with Gasteiger partial charge in [0.25, 0.3) is 0 Å². The summed E-state index contributed by atoms with van der Waals surface area (Å²) in [4.78, 5) is 11.2. The van der Waals surface area contributed by atoms with Crippen LogP contribution in [0.1, 0.15) is 25.8 Å². The molecule has 0 spiro atoms. The highest BCUT2D eigenvalue weighted by Gasteiger charge is 2.42. The van der Waals surface area contributed by atoms with Gasteiger partial charge >= 0.3 is 0 Å². The van der Waals surface area contributed by atoms with Gasteiger partial charge in [0.2, 0.25) is 0 Å². The Labute approximate surface area is 114 Å². The highest BCUT2D eigenvalue weighted by molar-refractivity contribution is 5.83. The lowest BCUT2D eigenvalue weighted by Crippen LogP contribution is -2.22. The summed E-state index contributed by atoms with van der Waals surface area (Å²) >= 11 is 0. The Morgan fingerprint density at radius 2 is 2.05 bits per heavy atom. The van der Waals surface area contributed by atoms with E-state index in [0.29, 0.717) is 17.5 Å². The number of hydrogen-bond acceptors (Lipinski definition) is 3. The van der Waals surface area contributed by atoms with Crippen LogP contribution in [0.25, 0.3) is 6.08 Å². The molecule has 2 rings (SSSR count). The van der Waals surface area contributed by atoms with Gasteiger partial charge in [0.05, 0.1) is 12.1 Å². The maximum Gasteiger partial charge on any atom is 0.148 e. The Balaban J connectivity index is 2.03. The van der Waals surface area contributed by atoms with Crippen LogP contribution in [0.3, 0.4) is 0 Å². The molecule has 1 saturated heterocycles. The molecule has 3 heteroatoms. The molecule has 19 heavy (non-hydrogen) atoms. The Hall–Kier alpha value is -1.45. The maximum absolute atomic E-state index is 11.2. The molecule has 0 radical (unpaired) electrons. The molecule has 0 amide bonds. The maximum atomic E-state index is 11.2. The van der Waals surface area contributed by atoms with Crippen molar-refractivity contribution in [2.45, 2.75) is 38.5 Å². The lowest BCUT2D eigenvalue weighted by Gasteiger charge is -2.09. The first-order chi connectivity index (χ1) is 9.11. The van der Waals surface area contributed by atoms with E-state index in [1.54, 1.807) is 6.08 Å². The molecule has 0 aromatic heterocycles. The summed E-state index contributed by atoms with van der Waals surface area (Å²) in [5.41, 5.74) is 1.37. The standard InChI is InChI=1S/C16H21NO2/c1-11(2)8-14-15(17-14)16(19)13(10-18)9-12-6-4-3-5-7-12/h3-7,9-11,14-17,19H,8H2,1-2H3/b13-9-/t14-,15+,16+/m0/s1. The molecule has 102 valence electrons. The SMILES string of the molecule is CC(C)C[C@@H]1N[C@H]1[C@H](O)/C(C=O)=C\c1ccccc1. The van der Waals surface area contributed by atoms with E-state index < -0.39 is 6.10 Å². The van der Waals surface area contributed by atoms with Crippen molar-refractivity contribution in [2.24, 2.45) is 5.92 Å². The van der Waals surface area contributed by atoms with Crippen LogP contribution in [0.15, 0.2) is 35.9 Å². The van der Waals surface area contributed by atoms with Gasteiger partial charge in [0, 0.05) is 11.6 Å². The van der Waals surface area contributed by atoms with E-state index in [-0.39, 0.29) is 6.04 Å². The number of rotatable bonds is 6. The minimum absolute atomic E-state index is 0.0163. The fraction of sp³-hybridized carbons (Fsp3) is 0.438. The van der Waals surface area contributed by atoms with Gasteiger partial charge in [-0.15, -0.1) is 0 Å². The zero-order valence-electron chi connectivity index (χ0n) is 11.4. The highest BCUT2D eigenvalue weighted by Crippen LogP contribution is 2.26. The molecule has 3 nitrogen and oxygen atoms in total. The predicted molar refractivity (Wildman–Crippen MR) is 76.7 cm³/mol. The Morgan fingerprint density at radius 1 is 1.37 bits per heavy atom. The van der Waals surface area contributed by atoms with E-state index in [1.165, 1.54) is 0 Å². The lowest BCUT2D eigenvalue weighted by atomic mass is 9.99. The third kappa shape index (κ3) is 3.75. The quantitative estimate of drug-likeness (QED) is 0.467. The Kier molecular flexibility index (Phi) is 4.51. The average Bonchev–Trinajstić information content (AvgIpc) is 3.14. The molecular weight excluding hydrogens is 238 g/mol. The predicted octanol–water partition coefficient (Wildman–Crippen LogP) is 2.02. The fourth-order valence-electron chi connectivity index (χ4n) is 2.36. The smallest absolute Gasteiger partial charge is 0.148 e. The van der Waals surface area contributed by atoms with Gasteiger partial charge in [0.15, 0.2) is 0 Å². The molecule has 3 atom stereocenters. The van der Waals surface area contributed by atoms with Crippen molar-refractivity contribution < 1.29 is 9.90 Å². The van der Waals surface area contributed by atoms with Crippen LogP contribution < -0.4 is 5.32 Å². The zero-order chi connectivity index (χ0) is 13.8. The summed E-state index contributed by atoms with van der Waals surface area (Å²) in [6, 6.07) is 9.94. The molecular formula is C16H21NO2. The van der Waals surface area contributed by atoms with Crippen LogP contribution in [0.2, 0.25) is 0 Å². The molecule has 1 aliphatic rings. The lowest BCUT2D eigenvalue weighted by molar-refractivity contribution is -0.105. The van der Waals surface area contributed by atoms with E-state index in [1.807, 2.05) is 30.3 Å². The molecule has 1 aromatic rings. The third-order valence-corrected chi connectivity index (χ3v) is 3.41. The molecule has 0 aliphatic carbocycles. The average molecular weight is 259 g/mol. The van der Waals surface area contributed by atoms with Gasteiger partial charge < -0.3 is 10.4 Å². The third-order valence-electron chi connectivity index (χ3n) is 3.41. The molecule has 1 fully saturated rings. The van der Waals surface area contributed by atoms with E-state index in [0.717, 1.165) is 18.3 Å². The normalized spacial score (nSPS) is 24.3. The molecule has 1 aromatic carbocycles. The number of aliphatic hydroxyl groups is 1. The van der Waals surface area contributed by atoms with Crippen LogP contribution in [-0.4, -0.2) is 29.6 Å². The molecule has 2 N–H and O–H groups in total. The van der Waals surface area contributed by atoms with E-state index >= 15 is 0 Å². The highest BCUT2D eigenvalue weighted by atomic mass is 16.3. The van der Waals surface area contributed by atoms with Crippen LogP contribution in [0, 0.1) is 5.92 Å². The minimum Gasteiger partial charge on any atom is -0.387 e. The van der Waals surface area contributed by atoms with Crippen LogP contribution in [0.5, 0.6) is 0 Å². The zero-order valence-corrected chi connectivity index (χ0v) is 11.4. The van der Waals surface area contributed by atoms with Gasteiger partial charge in [-0.25, -0.2) is 0 Å². The van der Waals surface area contributed by atoms with Crippen molar-refractivity contribution in [3.63, 3.8) is 0 Å². The topological polar surface area (TPSA) is 59.2 Å². The van der Waals surface area contributed by atoms with Gasteiger partial charge in [0.1, 0.15) is 6.29 Å². The largest absolute Gasteiger partial charge is 0.387 e. The number of carbonyl (C=O) groups is 1. The first-order valence-corrected chi connectivity index (χ1v) is 6.77. The summed E-state index contributed by atoms with van der Waals surface area (Å²) in [6.45, 7) is 4.31. The molecule has 0 bridgehead atoms. The number of aldehydes is 1. The fourth-order valence-corrected chi connectivity index (χ4v) is 2.36. The van der Waals surface area contributed by atoms with Crippen molar-refractivity contribution in [2.75, 3.05) is 0 Å². The van der Waals surface area contributed by atoms with E-state index in [9.17, 15) is 9.90 Å². The van der Waals surface area contributed by atoms with Crippen molar-refractivity contribution in [1.82, 2.24) is 5.32 Å². The first kappa shape index (κ1) is 14.0.